The molecular formula is C22H26N4O2S. The molecule has 1 aromatic heterocycles. The van der Waals surface area contributed by atoms with Gasteiger partial charge in [0.2, 0.25) is 5.13 Å². The molecule has 3 aromatic rings. The van der Waals surface area contributed by atoms with Crippen LogP contribution in [-0.4, -0.2) is 23.2 Å². The summed E-state index contributed by atoms with van der Waals surface area (Å²) >= 11 is 1.53. The summed E-state index contributed by atoms with van der Waals surface area (Å²) in [7, 11) is 0. The zero-order valence-electron chi connectivity index (χ0n) is 17.4. The average molecular weight is 411 g/mol. The molecule has 2 N–H and O–H groups in total. The second-order valence-corrected chi connectivity index (χ2v) is 8.03. The van der Waals surface area contributed by atoms with Gasteiger partial charge in [-0.05, 0) is 69.0 Å². The first-order valence-electron chi connectivity index (χ1n) is 9.56. The fourth-order valence-electron chi connectivity index (χ4n) is 2.88. The van der Waals surface area contributed by atoms with Crippen LogP contribution in [0.4, 0.5) is 10.8 Å². The second kappa shape index (κ2) is 9.05. The van der Waals surface area contributed by atoms with Crippen LogP contribution in [-0.2, 0) is 4.79 Å². The van der Waals surface area contributed by atoms with E-state index in [1.54, 1.807) is 0 Å². The number of fused-ring (bicyclic) bond motifs is 1. The molecule has 0 spiro atoms. The molecule has 0 radical (unpaired) electrons. The number of carbonyl (C=O) groups excluding carboxylic acids is 1. The zero-order valence-corrected chi connectivity index (χ0v) is 18.2. The lowest BCUT2D eigenvalue weighted by Crippen LogP contribution is -2.21. The second-order valence-electron chi connectivity index (χ2n) is 7.03. The maximum atomic E-state index is 12.4. The molecule has 0 aliphatic carbocycles. The molecular weight excluding hydrogens is 384 g/mol. The lowest BCUT2D eigenvalue weighted by Gasteiger charge is -2.13. The van der Waals surface area contributed by atoms with Crippen molar-refractivity contribution >= 4 is 44.0 Å². The van der Waals surface area contributed by atoms with E-state index in [2.05, 4.69) is 27.8 Å². The van der Waals surface area contributed by atoms with E-state index >= 15 is 0 Å². The van der Waals surface area contributed by atoms with E-state index in [1.807, 2.05) is 58.0 Å². The van der Waals surface area contributed by atoms with Gasteiger partial charge in [0, 0.05) is 11.4 Å². The van der Waals surface area contributed by atoms with Crippen LogP contribution in [0.15, 0.2) is 35.4 Å². The van der Waals surface area contributed by atoms with Crippen LogP contribution >= 0.6 is 11.3 Å². The van der Waals surface area contributed by atoms with Gasteiger partial charge in [0.25, 0.3) is 5.91 Å². The number of aromatic nitrogens is 1. The van der Waals surface area contributed by atoms with Crippen molar-refractivity contribution in [2.45, 2.75) is 41.0 Å². The largest absolute Gasteiger partial charge is 0.484 e. The van der Waals surface area contributed by atoms with Crippen LogP contribution in [0.3, 0.4) is 0 Å². The average Bonchev–Trinajstić information content (AvgIpc) is 3.10. The standard InChI is InChI=1S/C22H26N4O2S/c1-6-15(4)25-26-22-23-18-11-14(3)20(16(5)21(18)29-22)24-19(27)12-28-17-9-7-8-13(2)10-17/h7-11H,6,12H2,1-5H3,(H,23,26)(H,24,27)/b25-15+. The number of amides is 1. The van der Waals surface area contributed by atoms with Crippen molar-refractivity contribution in [3.63, 3.8) is 0 Å². The Balaban J connectivity index is 1.75. The number of nitrogens with one attached hydrogen (secondary N) is 2. The molecule has 1 amide bonds. The Bertz CT molecular complexity index is 1070. The van der Waals surface area contributed by atoms with Crippen LogP contribution in [0.25, 0.3) is 10.2 Å². The molecule has 0 saturated carbocycles. The Morgan fingerprint density at radius 2 is 2.03 bits per heavy atom. The molecule has 2 aromatic carbocycles. The van der Waals surface area contributed by atoms with Crippen LogP contribution in [0.5, 0.6) is 5.75 Å². The van der Waals surface area contributed by atoms with Gasteiger partial charge in [-0.1, -0.05) is 30.4 Å². The highest BCUT2D eigenvalue weighted by Crippen LogP contribution is 2.35. The highest BCUT2D eigenvalue weighted by molar-refractivity contribution is 7.22. The molecule has 0 atom stereocenters. The molecule has 0 saturated heterocycles. The van der Waals surface area contributed by atoms with Crippen molar-refractivity contribution in [1.29, 1.82) is 0 Å². The first-order chi connectivity index (χ1) is 13.9. The molecule has 0 bridgehead atoms. The van der Waals surface area contributed by atoms with E-state index in [9.17, 15) is 4.79 Å². The number of carbonyl (C=O) groups is 1. The van der Waals surface area contributed by atoms with Crippen molar-refractivity contribution in [3.8, 4) is 5.75 Å². The number of hydrogen-bond donors (Lipinski definition) is 2. The molecule has 152 valence electrons. The third-order valence-corrected chi connectivity index (χ3v) is 5.69. The van der Waals surface area contributed by atoms with Gasteiger partial charge in [-0.15, -0.1) is 0 Å². The van der Waals surface area contributed by atoms with E-state index in [0.717, 1.165) is 49.9 Å². The lowest BCUT2D eigenvalue weighted by atomic mass is 10.1. The van der Waals surface area contributed by atoms with Gasteiger partial charge < -0.3 is 10.1 Å². The van der Waals surface area contributed by atoms with Gasteiger partial charge in [0.05, 0.1) is 10.2 Å². The first-order valence-corrected chi connectivity index (χ1v) is 10.4. The molecule has 0 aliphatic rings. The van der Waals surface area contributed by atoms with Gasteiger partial charge in [0.15, 0.2) is 6.61 Å². The molecule has 0 aliphatic heterocycles. The molecule has 7 heteroatoms. The third kappa shape index (κ3) is 5.12. The number of anilines is 2. The highest BCUT2D eigenvalue weighted by atomic mass is 32.1. The monoisotopic (exact) mass is 410 g/mol. The molecule has 0 unspecified atom stereocenters. The topological polar surface area (TPSA) is 75.6 Å². The van der Waals surface area contributed by atoms with E-state index < -0.39 is 0 Å². The number of rotatable bonds is 7. The zero-order chi connectivity index (χ0) is 21.0. The van der Waals surface area contributed by atoms with E-state index in [-0.39, 0.29) is 12.5 Å². The summed E-state index contributed by atoms with van der Waals surface area (Å²) in [5.74, 6) is 0.494. The summed E-state index contributed by atoms with van der Waals surface area (Å²) < 4.78 is 6.64. The number of aryl methyl sites for hydroxylation is 3. The molecule has 0 fully saturated rings. The minimum atomic E-state index is -0.192. The van der Waals surface area contributed by atoms with Gasteiger partial charge in [-0.25, -0.2) is 4.98 Å². The Morgan fingerprint density at radius 1 is 1.24 bits per heavy atom. The third-order valence-electron chi connectivity index (χ3n) is 4.59. The van der Waals surface area contributed by atoms with Gasteiger partial charge >= 0.3 is 0 Å². The molecule has 29 heavy (non-hydrogen) atoms. The van der Waals surface area contributed by atoms with Gasteiger partial charge in [-0.3, -0.25) is 10.2 Å². The summed E-state index contributed by atoms with van der Waals surface area (Å²) in [6.45, 7) is 9.94. The SMILES string of the molecule is CC/C(C)=N/Nc1nc2cc(C)c(NC(=O)COc3cccc(C)c3)c(C)c2s1. The van der Waals surface area contributed by atoms with Crippen LogP contribution in [0, 0.1) is 20.8 Å². The number of ether oxygens (including phenoxy) is 1. The smallest absolute Gasteiger partial charge is 0.262 e. The van der Waals surface area contributed by atoms with Crippen LogP contribution in [0.2, 0.25) is 0 Å². The minimum absolute atomic E-state index is 0.0408. The van der Waals surface area contributed by atoms with Crippen molar-refractivity contribution in [1.82, 2.24) is 4.98 Å². The lowest BCUT2D eigenvalue weighted by molar-refractivity contribution is -0.118. The summed E-state index contributed by atoms with van der Waals surface area (Å²) in [5.41, 5.74) is 8.78. The molecule has 1 heterocycles. The van der Waals surface area contributed by atoms with Gasteiger partial charge in [-0.2, -0.15) is 5.10 Å². The van der Waals surface area contributed by atoms with Crippen molar-refractivity contribution in [2.24, 2.45) is 5.10 Å². The number of hydrogen-bond acceptors (Lipinski definition) is 6. The predicted octanol–water partition coefficient (Wildman–Crippen LogP) is 5.44. The van der Waals surface area contributed by atoms with Crippen molar-refractivity contribution in [3.05, 3.63) is 47.0 Å². The normalized spacial score (nSPS) is 11.6. The van der Waals surface area contributed by atoms with E-state index in [1.165, 1.54) is 11.3 Å². The highest BCUT2D eigenvalue weighted by Gasteiger charge is 2.15. The van der Waals surface area contributed by atoms with E-state index in [4.69, 9.17) is 4.74 Å². The Kier molecular flexibility index (Phi) is 6.49. The Morgan fingerprint density at radius 3 is 2.76 bits per heavy atom. The Hall–Kier alpha value is -2.93. The number of benzene rings is 2. The quantitative estimate of drug-likeness (QED) is 0.402. The van der Waals surface area contributed by atoms with E-state index in [0.29, 0.717) is 5.75 Å². The molecule has 6 nitrogen and oxygen atoms in total. The summed E-state index contributed by atoms with van der Waals surface area (Å²) in [5, 5.41) is 8.05. The minimum Gasteiger partial charge on any atom is -0.484 e. The number of thiazole rings is 1. The van der Waals surface area contributed by atoms with Crippen molar-refractivity contribution in [2.75, 3.05) is 17.3 Å². The Labute approximate surface area is 175 Å². The number of hydrazone groups is 1. The fraction of sp³-hybridized carbons (Fsp3) is 0.318. The summed E-state index contributed by atoms with van der Waals surface area (Å²) in [6, 6.07) is 9.63. The van der Waals surface area contributed by atoms with Crippen LogP contribution in [0.1, 0.15) is 37.0 Å². The first kappa shape index (κ1) is 20.8. The van der Waals surface area contributed by atoms with Crippen molar-refractivity contribution < 1.29 is 9.53 Å². The summed E-state index contributed by atoms with van der Waals surface area (Å²) in [6.07, 6.45) is 0.886. The number of nitrogens with zero attached hydrogens (tertiary/aromatic N) is 2. The fourth-order valence-corrected chi connectivity index (χ4v) is 3.77. The maximum Gasteiger partial charge on any atom is 0.262 e. The van der Waals surface area contributed by atoms with Crippen LogP contribution < -0.4 is 15.5 Å². The summed E-state index contributed by atoms with van der Waals surface area (Å²) in [4.78, 5) is 17.1. The molecule has 3 rings (SSSR count). The maximum absolute atomic E-state index is 12.4. The van der Waals surface area contributed by atoms with Gasteiger partial charge in [0.1, 0.15) is 5.75 Å². The predicted molar refractivity (Wildman–Crippen MR) is 121 cm³/mol.